The van der Waals surface area contributed by atoms with Crippen LogP contribution in [-0.4, -0.2) is 26.2 Å². The predicted molar refractivity (Wildman–Crippen MR) is 70.8 cm³/mol. The van der Waals surface area contributed by atoms with Gasteiger partial charge in [-0.2, -0.15) is 0 Å². The van der Waals surface area contributed by atoms with E-state index in [1.807, 2.05) is 30.6 Å². The summed E-state index contributed by atoms with van der Waals surface area (Å²) in [4.78, 5) is 7.79. The van der Waals surface area contributed by atoms with Gasteiger partial charge >= 0.3 is 0 Å². The Morgan fingerprint density at radius 1 is 1.22 bits per heavy atom. The van der Waals surface area contributed by atoms with Crippen molar-refractivity contribution in [1.29, 1.82) is 0 Å². The molecule has 0 radical (unpaired) electrons. The molecular weight excluding hydrogens is 226 g/mol. The minimum Gasteiger partial charge on any atom is -0.396 e. The van der Waals surface area contributed by atoms with Crippen LogP contribution in [-0.2, 0) is 6.42 Å². The third kappa shape index (κ3) is 2.02. The molecule has 4 nitrogen and oxygen atoms in total. The normalized spacial score (nSPS) is 11.2. The Kier molecular flexibility index (Phi) is 2.86. The van der Waals surface area contributed by atoms with Crippen LogP contribution in [0.2, 0.25) is 0 Å². The Balaban J connectivity index is 1.96. The van der Waals surface area contributed by atoms with Crippen molar-refractivity contribution < 1.29 is 5.11 Å². The Hall–Kier alpha value is -2.07. The highest BCUT2D eigenvalue weighted by Gasteiger charge is 2.04. The molecule has 0 saturated heterocycles. The summed E-state index contributed by atoms with van der Waals surface area (Å²) in [5.74, 6) is 0.934. The van der Waals surface area contributed by atoms with E-state index in [9.17, 15) is 0 Å². The van der Waals surface area contributed by atoms with Crippen molar-refractivity contribution in [2.45, 2.75) is 12.8 Å². The average molecular weight is 241 g/mol. The summed E-state index contributed by atoms with van der Waals surface area (Å²) in [6, 6.07) is 10.2. The lowest BCUT2D eigenvalue weighted by molar-refractivity contribution is 0.287. The molecule has 0 saturated carbocycles. The maximum atomic E-state index is 8.83. The van der Waals surface area contributed by atoms with E-state index < -0.39 is 0 Å². The first-order valence-corrected chi connectivity index (χ1v) is 6.10. The third-order valence-electron chi connectivity index (χ3n) is 2.99. The predicted octanol–water partition coefficient (Wildman–Crippen LogP) is 2.28. The Bertz CT molecular complexity index is 640. The molecule has 0 aliphatic heterocycles. The van der Waals surface area contributed by atoms with Crippen LogP contribution in [0.1, 0.15) is 12.2 Å². The van der Waals surface area contributed by atoms with E-state index in [4.69, 9.17) is 5.11 Å². The highest BCUT2D eigenvalue weighted by molar-refractivity contribution is 5.77. The molecule has 0 atom stereocenters. The molecule has 0 fully saturated rings. The Labute approximate surface area is 105 Å². The number of hydrogen-bond acceptors (Lipinski definition) is 2. The second-order valence-corrected chi connectivity index (χ2v) is 4.30. The van der Waals surface area contributed by atoms with Crippen molar-refractivity contribution >= 4 is 11.0 Å². The maximum Gasteiger partial charge on any atom is 0.107 e. The van der Waals surface area contributed by atoms with Gasteiger partial charge in [0.05, 0.1) is 11.0 Å². The van der Waals surface area contributed by atoms with Gasteiger partial charge in [-0.3, -0.25) is 0 Å². The van der Waals surface area contributed by atoms with Gasteiger partial charge in [-0.05, 0) is 36.8 Å². The summed E-state index contributed by atoms with van der Waals surface area (Å²) in [6.07, 6.45) is 5.56. The van der Waals surface area contributed by atoms with Crippen molar-refractivity contribution in [3.63, 3.8) is 0 Å². The molecule has 4 heteroatoms. The molecule has 18 heavy (non-hydrogen) atoms. The molecule has 2 N–H and O–H groups in total. The highest BCUT2D eigenvalue weighted by Crippen LogP contribution is 2.17. The number of hydrogen-bond donors (Lipinski definition) is 2. The number of fused-ring (bicyclic) bond motifs is 1. The lowest BCUT2D eigenvalue weighted by Crippen LogP contribution is -1.90. The summed E-state index contributed by atoms with van der Waals surface area (Å²) in [6.45, 7) is 0.200. The smallest absolute Gasteiger partial charge is 0.107 e. The quantitative estimate of drug-likeness (QED) is 0.736. The number of benzene rings is 1. The number of nitrogens with one attached hydrogen (secondary N) is 1. The summed E-state index contributed by atoms with van der Waals surface area (Å²) in [5.41, 5.74) is 3.12. The molecule has 1 aromatic carbocycles. The maximum absolute atomic E-state index is 8.83. The SMILES string of the molecule is OCCCc1nc2ccc(-n3cccc3)cc2[nH]1. The van der Waals surface area contributed by atoms with Crippen LogP contribution in [0.5, 0.6) is 0 Å². The third-order valence-corrected chi connectivity index (χ3v) is 2.99. The van der Waals surface area contributed by atoms with Crippen LogP contribution in [0.3, 0.4) is 0 Å². The zero-order chi connectivity index (χ0) is 12.4. The zero-order valence-electron chi connectivity index (χ0n) is 10.0. The van der Waals surface area contributed by atoms with Crippen LogP contribution in [0, 0.1) is 0 Å². The minimum atomic E-state index is 0.200. The van der Waals surface area contributed by atoms with Gasteiger partial charge in [0.25, 0.3) is 0 Å². The first kappa shape index (κ1) is 11.0. The summed E-state index contributed by atoms with van der Waals surface area (Å²) in [5, 5.41) is 8.83. The summed E-state index contributed by atoms with van der Waals surface area (Å²) in [7, 11) is 0. The van der Waals surface area contributed by atoms with Gasteiger partial charge in [0, 0.05) is 31.1 Å². The largest absolute Gasteiger partial charge is 0.396 e. The van der Waals surface area contributed by atoms with Crippen molar-refractivity contribution in [3.05, 3.63) is 48.5 Å². The van der Waals surface area contributed by atoms with E-state index in [0.29, 0.717) is 0 Å². The van der Waals surface area contributed by atoms with E-state index in [-0.39, 0.29) is 6.61 Å². The van der Waals surface area contributed by atoms with Crippen LogP contribution in [0.15, 0.2) is 42.7 Å². The molecule has 0 spiro atoms. The number of aromatic amines is 1. The molecule has 3 rings (SSSR count). The molecule has 0 aliphatic rings. The number of imidazole rings is 1. The van der Waals surface area contributed by atoms with Gasteiger partial charge in [-0.15, -0.1) is 0 Å². The van der Waals surface area contributed by atoms with Gasteiger partial charge < -0.3 is 14.7 Å². The monoisotopic (exact) mass is 241 g/mol. The van der Waals surface area contributed by atoms with Crippen LogP contribution in [0.25, 0.3) is 16.7 Å². The number of aliphatic hydroxyl groups is 1. The number of H-pyrrole nitrogens is 1. The van der Waals surface area contributed by atoms with E-state index in [2.05, 4.69) is 26.7 Å². The molecule has 2 aromatic heterocycles. The van der Waals surface area contributed by atoms with Crippen LogP contribution < -0.4 is 0 Å². The molecule has 0 unspecified atom stereocenters. The van der Waals surface area contributed by atoms with E-state index >= 15 is 0 Å². The lowest BCUT2D eigenvalue weighted by atomic mass is 10.3. The molecule has 2 heterocycles. The molecule has 0 bridgehead atoms. The molecule has 3 aromatic rings. The number of aromatic nitrogens is 3. The topological polar surface area (TPSA) is 53.8 Å². The highest BCUT2D eigenvalue weighted by atomic mass is 16.2. The van der Waals surface area contributed by atoms with Gasteiger partial charge in [0.15, 0.2) is 0 Å². The van der Waals surface area contributed by atoms with E-state index in [0.717, 1.165) is 35.4 Å². The van der Waals surface area contributed by atoms with Gasteiger partial charge in [-0.1, -0.05) is 0 Å². The number of aryl methyl sites for hydroxylation is 1. The first-order valence-electron chi connectivity index (χ1n) is 6.10. The van der Waals surface area contributed by atoms with Gasteiger partial charge in [-0.25, -0.2) is 4.98 Å². The standard InChI is InChI=1S/C14H15N3O/c18-9-3-4-14-15-12-6-5-11(10-13(12)16-14)17-7-1-2-8-17/h1-2,5-8,10,18H,3-4,9H2,(H,15,16). The van der Waals surface area contributed by atoms with E-state index in [1.54, 1.807) is 0 Å². The minimum absolute atomic E-state index is 0.200. The second-order valence-electron chi connectivity index (χ2n) is 4.30. The van der Waals surface area contributed by atoms with Crippen molar-refractivity contribution in [3.8, 4) is 5.69 Å². The second kappa shape index (κ2) is 4.66. The van der Waals surface area contributed by atoms with Crippen LogP contribution in [0.4, 0.5) is 0 Å². The summed E-state index contributed by atoms with van der Waals surface area (Å²) < 4.78 is 2.06. The fraction of sp³-hybridized carbons (Fsp3) is 0.214. The lowest BCUT2D eigenvalue weighted by Gasteiger charge is -2.01. The van der Waals surface area contributed by atoms with Gasteiger partial charge in [0.2, 0.25) is 0 Å². The van der Waals surface area contributed by atoms with E-state index in [1.165, 1.54) is 0 Å². The zero-order valence-corrected chi connectivity index (χ0v) is 10.0. The van der Waals surface area contributed by atoms with Crippen LogP contribution >= 0.6 is 0 Å². The average Bonchev–Trinajstić information content (AvgIpc) is 3.03. The molecule has 0 amide bonds. The van der Waals surface area contributed by atoms with Crippen molar-refractivity contribution in [2.24, 2.45) is 0 Å². The fourth-order valence-corrected chi connectivity index (χ4v) is 2.08. The van der Waals surface area contributed by atoms with Crippen molar-refractivity contribution in [2.75, 3.05) is 6.61 Å². The fourth-order valence-electron chi connectivity index (χ4n) is 2.08. The molecular formula is C14H15N3O. The first-order chi connectivity index (χ1) is 8.86. The molecule has 92 valence electrons. The number of rotatable bonds is 4. The van der Waals surface area contributed by atoms with Crippen molar-refractivity contribution in [1.82, 2.24) is 14.5 Å². The number of nitrogens with zero attached hydrogens (tertiary/aromatic N) is 2. The summed E-state index contributed by atoms with van der Waals surface area (Å²) >= 11 is 0. The Morgan fingerprint density at radius 2 is 2.06 bits per heavy atom. The number of aliphatic hydroxyl groups excluding tert-OH is 1. The molecule has 0 aliphatic carbocycles. The van der Waals surface area contributed by atoms with Gasteiger partial charge in [0.1, 0.15) is 5.82 Å². The Morgan fingerprint density at radius 3 is 2.83 bits per heavy atom.